The molecular formula is C14H15FN2. The van der Waals surface area contributed by atoms with Gasteiger partial charge in [-0.2, -0.15) is 0 Å². The number of hydrogen-bond donors (Lipinski definition) is 2. The van der Waals surface area contributed by atoms with E-state index in [-0.39, 0.29) is 5.82 Å². The molecule has 0 aromatic heterocycles. The molecule has 0 aliphatic carbocycles. The molecule has 0 atom stereocenters. The Kier molecular flexibility index (Phi) is 3.00. The molecule has 0 amide bonds. The summed E-state index contributed by atoms with van der Waals surface area (Å²) < 4.78 is 13.2. The Labute approximate surface area is 100 Å². The van der Waals surface area contributed by atoms with Gasteiger partial charge in [0.25, 0.3) is 0 Å². The molecule has 3 heteroatoms. The monoisotopic (exact) mass is 230 g/mol. The van der Waals surface area contributed by atoms with Crippen LogP contribution in [-0.4, -0.2) is 0 Å². The highest BCUT2D eigenvalue weighted by atomic mass is 19.1. The third-order valence-corrected chi connectivity index (χ3v) is 2.84. The normalized spacial score (nSPS) is 10.3. The standard InChI is InChI=1S/C14H15FN2/c1-9-6-7-11(15)8-14(9)17-13-5-3-4-12(16)10(13)2/h3-8,17H,16H2,1-2H3. The Morgan fingerprint density at radius 3 is 2.59 bits per heavy atom. The number of halogens is 1. The van der Waals surface area contributed by atoms with Crippen molar-refractivity contribution in [3.63, 3.8) is 0 Å². The first-order valence-electron chi connectivity index (χ1n) is 5.46. The lowest BCUT2D eigenvalue weighted by Gasteiger charge is -2.13. The van der Waals surface area contributed by atoms with Crippen LogP contribution in [0.15, 0.2) is 36.4 Å². The van der Waals surface area contributed by atoms with Crippen LogP contribution in [-0.2, 0) is 0 Å². The molecule has 2 rings (SSSR count). The van der Waals surface area contributed by atoms with E-state index in [4.69, 9.17) is 5.73 Å². The van der Waals surface area contributed by atoms with Crippen molar-refractivity contribution in [3.05, 3.63) is 53.3 Å². The smallest absolute Gasteiger partial charge is 0.125 e. The zero-order chi connectivity index (χ0) is 12.4. The SMILES string of the molecule is Cc1ccc(F)cc1Nc1cccc(N)c1C. The van der Waals surface area contributed by atoms with Crippen molar-refractivity contribution in [2.24, 2.45) is 0 Å². The molecule has 17 heavy (non-hydrogen) atoms. The maximum absolute atomic E-state index is 13.2. The molecule has 0 saturated heterocycles. The summed E-state index contributed by atoms with van der Waals surface area (Å²) in [5.41, 5.74) is 10.2. The quantitative estimate of drug-likeness (QED) is 0.771. The number of nitrogens with two attached hydrogens (primary N) is 1. The highest BCUT2D eigenvalue weighted by molar-refractivity contribution is 5.70. The summed E-state index contributed by atoms with van der Waals surface area (Å²) in [6.45, 7) is 3.87. The number of nitrogens with one attached hydrogen (secondary N) is 1. The van der Waals surface area contributed by atoms with Gasteiger partial charge in [0.15, 0.2) is 0 Å². The molecular weight excluding hydrogens is 215 g/mol. The van der Waals surface area contributed by atoms with Crippen molar-refractivity contribution in [1.29, 1.82) is 0 Å². The summed E-state index contributed by atoms with van der Waals surface area (Å²) in [4.78, 5) is 0. The molecule has 0 spiro atoms. The second kappa shape index (κ2) is 4.45. The molecule has 0 unspecified atom stereocenters. The van der Waals surface area contributed by atoms with Crippen LogP contribution in [0.25, 0.3) is 0 Å². The highest BCUT2D eigenvalue weighted by Crippen LogP contribution is 2.26. The fraction of sp³-hybridized carbons (Fsp3) is 0.143. The first kappa shape index (κ1) is 11.5. The maximum atomic E-state index is 13.2. The molecule has 0 radical (unpaired) electrons. The van der Waals surface area contributed by atoms with Gasteiger partial charge in [-0.15, -0.1) is 0 Å². The van der Waals surface area contributed by atoms with Crippen LogP contribution in [0.1, 0.15) is 11.1 Å². The van der Waals surface area contributed by atoms with Crippen LogP contribution in [0.5, 0.6) is 0 Å². The van der Waals surface area contributed by atoms with E-state index in [2.05, 4.69) is 5.32 Å². The summed E-state index contributed by atoms with van der Waals surface area (Å²) >= 11 is 0. The number of hydrogen-bond acceptors (Lipinski definition) is 2. The van der Waals surface area contributed by atoms with E-state index in [1.54, 1.807) is 6.07 Å². The van der Waals surface area contributed by atoms with Gasteiger partial charge < -0.3 is 11.1 Å². The zero-order valence-corrected chi connectivity index (χ0v) is 9.92. The van der Waals surface area contributed by atoms with Crippen LogP contribution in [0, 0.1) is 19.7 Å². The maximum Gasteiger partial charge on any atom is 0.125 e. The minimum Gasteiger partial charge on any atom is -0.398 e. The van der Waals surface area contributed by atoms with Crippen LogP contribution >= 0.6 is 0 Å². The van der Waals surface area contributed by atoms with E-state index in [9.17, 15) is 4.39 Å². The van der Waals surface area contributed by atoms with Crippen LogP contribution < -0.4 is 11.1 Å². The average molecular weight is 230 g/mol. The van der Waals surface area contributed by atoms with Gasteiger partial charge in [-0.3, -0.25) is 0 Å². The molecule has 2 nitrogen and oxygen atoms in total. The van der Waals surface area contributed by atoms with Gasteiger partial charge in [0.05, 0.1) is 0 Å². The topological polar surface area (TPSA) is 38.0 Å². The van der Waals surface area contributed by atoms with Gasteiger partial charge in [0.2, 0.25) is 0 Å². The number of aryl methyl sites for hydroxylation is 1. The second-order valence-corrected chi connectivity index (χ2v) is 4.10. The lowest BCUT2D eigenvalue weighted by Crippen LogP contribution is -1.98. The first-order chi connectivity index (χ1) is 8.08. The molecule has 2 aromatic rings. The highest BCUT2D eigenvalue weighted by Gasteiger charge is 2.04. The van der Waals surface area contributed by atoms with Gasteiger partial charge in [-0.05, 0) is 49.2 Å². The zero-order valence-electron chi connectivity index (χ0n) is 9.92. The molecule has 0 aliphatic rings. The fourth-order valence-electron chi connectivity index (χ4n) is 1.66. The molecule has 0 fully saturated rings. The molecule has 0 bridgehead atoms. The van der Waals surface area contributed by atoms with Crippen molar-refractivity contribution < 1.29 is 4.39 Å². The van der Waals surface area contributed by atoms with E-state index in [0.29, 0.717) is 0 Å². The Hall–Kier alpha value is -2.03. The summed E-state index contributed by atoms with van der Waals surface area (Å²) in [5, 5.41) is 3.20. The number of nitrogen functional groups attached to an aromatic ring is 1. The largest absolute Gasteiger partial charge is 0.398 e. The van der Waals surface area contributed by atoms with Crippen LogP contribution in [0.3, 0.4) is 0 Å². The van der Waals surface area contributed by atoms with Crippen molar-refractivity contribution in [2.45, 2.75) is 13.8 Å². The molecule has 3 N–H and O–H groups in total. The summed E-state index contributed by atoms with van der Waals surface area (Å²) in [6, 6.07) is 10.3. The van der Waals surface area contributed by atoms with Crippen molar-refractivity contribution in [2.75, 3.05) is 11.1 Å². The van der Waals surface area contributed by atoms with E-state index >= 15 is 0 Å². The second-order valence-electron chi connectivity index (χ2n) is 4.10. The third kappa shape index (κ3) is 2.38. The van der Waals surface area contributed by atoms with Gasteiger partial charge >= 0.3 is 0 Å². The van der Waals surface area contributed by atoms with E-state index < -0.39 is 0 Å². The minimum atomic E-state index is -0.250. The van der Waals surface area contributed by atoms with Crippen molar-refractivity contribution >= 4 is 17.1 Å². The summed E-state index contributed by atoms with van der Waals surface area (Å²) in [7, 11) is 0. The van der Waals surface area contributed by atoms with E-state index in [1.807, 2.05) is 32.0 Å². The molecule has 0 aliphatic heterocycles. The van der Waals surface area contributed by atoms with Gasteiger partial charge in [-0.1, -0.05) is 12.1 Å². The lowest BCUT2D eigenvalue weighted by molar-refractivity contribution is 0.628. The van der Waals surface area contributed by atoms with Crippen molar-refractivity contribution in [1.82, 2.24) is 0 Å². The number of rotatable bonds is 2. The Bertz CT molecular complexity index is 550. The van der Waals surface area contributed by atoms with Gasteiger partial charge in [0, 0.05) is 17.1 Å². The number of anilines is 3. The Morgan fingerprint density at radius 1 is 1.06 bits per heavy atom. The van der Waals surface area contributed by atoms with E-state index in [1.165, 1.54) is 12.1 Å². The fourth-order valence-corrected chi connectivity index (χ4v) is 1.66. The lowest BCUT2D eigenvalue weighted by atomic mass is 10.1. The number of benzene rings is 2. The predicted octanol–water partition coefficient (Wildman–Crippen LogP) is 3.77. The van der Waals surface area contributed by atoms with Gasteiger partial charge in [-0.25, -0.2) is 4.39 Å². The van der Waals surface area contributed by atoms with Crippen molar-refractivity contribution in [3.8, 4) is 0 Å². The Morgan fingerprint density at radius 2 is 1.82 bits per heavy atom. The minimum absolute atomic E-state index is 0.250. The average Bonchev–Trinajstić information content (AvgIpc) is 2.30. The molecule has 2 aromatic carbocycles. The van der Waals surface area contributed by atoms with Crippen LogP contribution in [0.2, 0.25) is 0 Å². The Balaban J connectivity index is 2.38. The summed E-state index contributed by atoms with van der Waals surface area (Å²) in [5.74, 6) is -0.250. The van der Waals surface area contributed by atoms with E-state index in [0.717, 1.165) is 28.2 Å². The van der Waals surface area contributed by atoms with Crippen LogP contribution in [0.4, 0.5) is 21.5 Å². The molecule has 88 valence electrons. The molecule has 0 heterocycles. The van der Waals surface area contributed by atoms with Gasteiger partial charge in [0.1, 0.15) is 5.82 Å². The summed E-state index contributed by atoms with van der Waals surface area (Å²) in [6.07, 6.45) is 0. The third-order valence-electron chi connectivity index (χ3n) is 2.84. The predicted molar refractivity (Wildman–Crippen MR) is 70.0 cm³/mol. The first-order valence-corrected chi connectivity index (χ1v) is 5.46. The molecule has 0 saturated carbocycles.